The van der Waals surface area contributed by atoms with Gasteiger partial charge in [0, 0.05) is 56.6 Å². The van der Waals surface area contributed by atoms with Gasteiger partial charge in [0.1, 0.15) is 11.5 Å². The zero-order valence-electron chi connectivity index (χ0n) is 52.4. The number of hydrogen-bond acceptors (Lipinski definition) is 3. The van der Waals surface area contributed by atoms with E-state index in [0.29, 0.717) is 11.8 Å². The zero-order valence-corrected chi connectivity index (χ0v) is 52.4. The van der Waals surface area contributed by atoms with Crippen LogP contribution in [0.3, 0.4) is 0 Å². The average molecular weight is 1080 g/mol. The molecule has 0 saturated heterocycles. The van der Waals surface area contributed by atoms with Crippen molar-refractivity contribution in [1.29, 1.82) is 0 Å². The maximum absolute atomic E-state index is 7.55. The SMILES string of the molecule is C[C@H]1C2=CC1c1cc(C(C)(C)C)ccc1N2c1cccc(-n2c3ccc(C(C)(C)C)cc3c3cc(C(C)(C)C)ccc32)c1-c1cc2c3c(c1)N(c1ccc(C(C)(C)C)cc1)c1ccc(C(C)(C)C)cc1B3c1cc(C(C)(C)C)ccc1O2. The first-order valence-electron chi connectivity index (χ1n) is 30.3. The van der Waals surface area contributed by atoms with E-state index in [9.17, 15) is 0 Å². The largest absolute Gasteiger partial charge is 0.458 e. The molecule has 4 aliphatic heterocycles. The summed E-state index contributed by atoms with van der Waals surface area (Å²) in [7, 11) is 0. The molecule has 1 aromatic heterocycles. The second-order valence-electron chi connectivity index (χ2n) is 30.8. The van der Waals surface area contributed by atoms with Crippen molar-refractivity contribution < 1.29 is 4.74 Å². The van der Waals surface area contributed by atoms with Crippen LogP contribution in [0.25, 0.3) is 38.6 Å². The number of fused-ring (bicyclic) bond motifs is 7. The molecule has 14 rings (SSSR count). The summed E-state index contributed by atoms with van der Waals surface area (Å²) in [5.41, 5.74) is 26.0. The number of benzene rings is 8. The first-order chi connectivity index (χ1) is 38.4. The summed E-state index contributed by atoms with van der Waals surface area (Å²) in [6.45, 7) is 44.3. The predicted octanol–water partition coefficient (Wildman–Crippen LogP) is 19.4. The molecule has 0 saturated carbocycles. The van der Waals surface area contributed by atoms with Crippen LogP contribution in [0.5, 0.6) is 11.5 Å². The molecular formula is C77H84BN3O. The number of hydrogen-bond donors (Lipinski definition) is 0. The van der Waals surface area contributed by atoms with Gasteiger partial charge in [-0.15, -0.1) is 0 Å². The quantitative estimate of drug-likeness (QED) is 0.164. The van der Waals surface area contributed by atoms with Gasteiger partial charge in [-0.3, -0.25) is 0 Å². The number of ether oxygens (including phenoxy) is 1. The summed E-state index contributed by atoms with van der Waals surface area (Å²) in [6, 6.07) is 57.5. The van der Waals surface area contributed by atoms with Crippen LogP contribution >= 0.6 is 0 Å². The number of rotatable bonds is 4. The van der Waals surface area contributed by atoms with Gasteiger partial charge in [0.05, 0.1) is 22.4 Å². The van der Waals surface area contributed by atoms with Gasteiger partial charge >= 0.3 is 0 Å². The minimum absolute atomic E-state index is 0.00322. The van der Waals surface area contributed by atoms with E-state index in [1.807, 2.05) is 0 Å². The predicted molar refractivity (Wildman–Crippen MR) is 353 cm³/mol. The normalized spacial score (nSPS) is 16.8. The smallest absolute Gasteiger partial charge is 0.256 e. The second-order valence-corrected chi connectivity index (χ2v) is 30.8. The second kappa shape index (κ2) is 17.9. The number of allylic oxidation sites excluding steroid dienone is 2. The van der Waals surface area contributed by atoms with Gasteiger partial charge in [0.25, 0.3) is 6.71 Å². The van der Waals surface area contributed by atoms with Crippen molar-refractivity contribution in [2.75, 3.05) is 9.80 Å². The van der Waals surface area contributed by atoms with E-state index in [2.05, 4.69) is 298 Å². The fraction of sp³-hybridized carbons (Fsp3) is 0.351. The number of aromatic nitrogens is 1. The lowest BCUT2D eigenvalue weighted by atomic mass is 9.33. The van der Waals surface area contributed by atoms with Gasteiger partial charge in [-0.2, -0.15) is 0 Å². The molecule has 1 unspecified atom stereocenters. The molecule has 2 atom stereocenters. The molecule has 1 aliphatic carbocycles. The van der Waals surface area contributed by atoms with E-state index < -0.39 is 0 Å². The van der Waals surface area contributed by atoms with Crippen LogP contribution in [0.15, 0.2) is 157 Å². The fourth-order valence-corrected chi connectivity index (χ4v) is 13.7. The summed E-state index contributed by atoms with van der Waals surface area (Å²) in [4.78, 5) is 5.18. The molecule has 9 aromatic rings. The zero-order chi connectivity index (χ0) is 58.3. The van der Waals surface area contributed by atoms with E-state index in [1.165, 1.54) is 94.2 Å². The Kier molecular flexibility index (Phi) is 11.8. The molecule has 0 spiro atoms. The molecule has 4 nitrogen and oxygen atoms in total. The van der Waals surface area contributed by atoms with Gasteiger partial charge in [-0.05, 0) is 172 Å². The lowest BCUT2D eigenvalue weighted by molar-refractivity contribution is 0.486. The Hall–Kier alpha value is -7.24. The molecular weight excluding hydrogens is 994 g/mol. The highest BCUT2D eigenvalue weighted by Gasteiger charge is 2.46. The molecule has 5 heteroatoms. The lowest BCUT2D eigenvalue weighted by Gasteiger charge is -2.49. The maximum atomic E-state index is 7.55. The Morgan fingerprint density at radius 2 is 0.890 bits per heavy atom. The Labute approximate surface area is 490 Å². The van der Waals surface area contributed by atoms with Crippen molar-refractivity contribution >= 4 is 73.3 Å². The van der Waals surface area contributed by atoms with Crippen LogP contribution in [-0.4, -0.2) is 11.3 Å². The van der Waals surface area contributed by atoms with Crippen molar-refractivity contribution in [1.82, 2.24) is 4.57 Å². The average Bonchev–Trinajstić information content (AvgIpc) is 1.22. The summed E-state index contributed by atoms with van der Waals surface area (Å²) in [5.74, 6) is 2.54. The molecule has 0 amide bonds. The van der Waals surface area contributed by atoms with Gasteiger partial charge < -0.3 is 19.1 Å². The van der Waals surface area contributed by atoms with E-state index in [4.69, 9.17) is 4.74 Å². The fourth-order valence-electron chi connectivity index (χ4n) is 13.7. The number of anilines is 5. The molecule has 0 fully saturated rings. The third kappa shape index (κ3) is 8.52. The molecule has 5 heterocycles. The Morgan fingerprint density at radius 3 is 1.45 bits per heavy atom. The van der Waals surface area contributed by atoms with Crippen LogP contribution < -0.4 is 30.9 Å². The van der Waals surface area contributed by atoms with Crippen LogP contribution in [0.1, 0.15) is 176 Å². The third-order valence-electron chi connectivity index (χ3n) is 18.9. The van der Waals surface area contributed by atoms with Crippen molar-refractivity contribution in [3.63, 3.8) is 0 Å². The van der Waals surface area contributed by atoms with Gasteiger partial charge in [-0.25, -0.2) is 0 Å². The van der Waals surface area contributed by atoms with Crippen molar-refractivity contribution in [3.8, 4) is 28.3 Å². The van der Waals surface area contributed by atoms with E-state index in [-0.39, 0.29) is 39.2 Å². The third-order valence-corrected chi connectivity index (χ3v) is 18.9. The summed E-state index contributed by atoms with van der Waals surface area (Å²) >= 11 is 0. The van der Waals surface area contributed by atoms with Gasteiger partial charge in [-0.1, -0.05) is 204 Å². The van der Waals surface area contributed by atoms with Crippen LogP contribution in [0.4, 0.5) is 28.4 Å². The molecule has 0 radical (unpaired) electrons. The molecule has 8 aromatic carbocycles. The Balaban J connectivity index is 1.16. The minimum atomic E-state index is -0.0718. The summed E-state index contributed by atoms with van der Waals surface area (Å²) in [6.07, 6.45) is 2.54. The summed E-state index contributed by atoms with van der Waals surface area (Å²) < 4.78 is 10.1. The molecule has 82 heavy (non-hydrogen) atoms. The first-order valence-corrected chi connectivity index (χ1v) is 30.3. The van der Waals surface area contributed by atoms with Crippen LogP contribution in [-0.2, 0) is 32.5 Å². The topological polar surface area (TPSA) is 20.6 Å². The van der Waals surface area contributed by atoms with Crippen molar-refractivity contribution in [2.45, 2.75) is 170 Å². The minimum Gasteiger partial charge on any atom is -0.458 e. The lowest BCUT2D eigenvalue weighted by Crippen LogP contribution is -2.60. The van der Waals surface area contributed by atoms with Crippen molar-refractivity contribution in [3.05, 3.63) is 196 Å². The summed E-state index contributed by atoms with van der Waals surface area (Å²) in [5, 5.41) is 2.55. The highest BCUT2D eigenvalue weighted by molar-refractivity contribution is 6.99. The molecule has 5 aliphatic rings. The van der Waals surface area contributed by atoms with Gasteiger partial charge in [0.2, 0.25) is 0 Å². The van der Waals surface area contributed by atoms with E-state index >= 15 is 0 Å². The molecule has 2 bridgehead atoms. The van der Waals surface area contributed by atoms with E-state index in [0.717, 1.165) is 45.4 Å². The molecule has 0 N–H and O–H groups in total. The Morgan fingerprint density at radius 1 is 0.402 bits per heavy atom. The maximum Gasteiger partial charge on any atom is 0.256 e. The number of nitrogens with zero attached hydrogens (tertiary/aromatic N) is 3. The van der Waals surface area contributed by atoms with Crippen molar-refractivity contribution in [2.24, 2.45) is 5.92 Å². The first kappa shape index (κ1) is 54.0. The standard InChI is InChI=1S/C77H84BN3O/c1-45-54-44-66(45)81(60-32-25-48(39-55(54)60)73(5,6)7)65-22-20-21-64(80-61-33-26-49(74(8,9)10)40-56(61)57-41-50(75(11,12)13)27-34-62(57)80)70(65)46-37-67-71-69(38-46)82-68-36-29-52(77(17,18)19)43-59(68)78(71)58-42-51(76(14,15)16)28-35-63(58)79(67)53-30-23-47(24-31-53)72(2,3)4/h20-45,54H,1-19H3/t45-,54?/m1/s1. The van der Waals surface area contributed by atoms with Crippen LogP contribution in [0.2, 0.25) is 0 Å². The highest BCUT2D eigenvalue weighted by atomic mass is 16.5. The Bertz CT molecular complexity index is 4090. The van der Waals surface area contributed by atoms with Gasteiger partial charge in [0.15, 0.2) is 0 Å². The van der Waals surface area contributed by atoms with E-state index in [1.54, 1.807) is 0 Å². The highest BCUT2D eigenvalue weighted by Crippen LogP contribution is 2.58. The monoisotopic (exact) mass is 1080 g/mol. The molecule has 416 valence electrons. The van der Waals surface area contributed by atoms with Crippen LogP contribution in [0, 0.1) is 5.92 Å².